The minimum absolute atomic E-state index is 0.868. The Morgan fingerprint density at radius 3 is 1.98 bits per heavy atom. The molecular weight excluding hydrogens is 514 g/mol. The topological polar surface area (TPSA) is 29.5 Å². The van der Waals surface area contributed by atoms with Crippen LogP contribution in [0.3, 0.4) is 0 Å². The molecule has 0 radical (unpaired) electrons. The molecule has 0 saturated heterocycles. The summed E-state index contributed by atoms with van der Waals surface area (Å²) in [6, 6.07) is 47.0. The van der Waals surface area contributed by atoms with Crippen LogP contribution in [0.25, 0.3) is 65.4 Å². The molecule has 0 N–H and O–H groups in total. The maximum atomic E-state index is 6.63. The van der Waals surface area contributed by atoms with Gasteiger partial charge in [-0.25, -0.2) is 0 Å². The van der Waals surface area contributed by atoms with E-state index in [4.69, 9.17) is 8.83 Å². The molecule has 0 aliphatic rings. The van der Waals surface area contributed by atoms with Gasteiger partial charge in [-0.3, -0.25) is 0 Å². The Balaban J connectivity index is 1.39. The van der Waals surface area contributed by atoms with Crippen LogP contribution in [0, 0.1) is 6.92 Å². The summed E-state index contributed by atoms with van der Waals surface area (Å²) in [6.45, 7) is 2.16. The number of furan rings is 2. The van der Waals surface area contributed by atoms with Crippen LogP contribution in [0.15, 0.2) is 142 Å². The Kier molecular flexibility index (Phi) is 4.82. The van der Waals surface area contributed by atoms with Crippen molar-refractivity contribution in [2.75, 3.05) is 4.90 Å². The lowest BCUT2D eigenvalue weighted by Crippen LogP contribution is -2.11. The van der Waals surface area contributed by atoms with Crippen molar-refractivity contribution in [3.63, 3.8) is 0 Å². The highest BCUT2D eigenvalue weighted by atomic mass is 16.3. The quantitative estimate of drug-likeness (QED) is 0.224. The van der Waals surface area contributed by atoms with Crippen molar-refractivity contribution in [1.29, 1.82) is 0 Å². The zero-order valence-electron chi connectivity index (χ0n) is 23.0. The monoisotopic (exact) mass is 539 g/mol. The summed E-state index contributed by atoms with van der Waals surface area (Å²) < 4.78 is 13.0. The number of hydrogen-bond acceptors (Lipinski definition) is 3. The fourth-order valence-electron chi connectivity index (χ4n) is 6.64. The summed E-state index contributed by atoms with van der Waals surface area (Å²) >= 11 is 0. The van der Waals surface area contributed by atoms with Crippen LogP contribution in [0.4, 0.5) is 17.1 Å². The fraction of sp³-hybridized carbons (Fsp3) is 0.0256. The SMILES string of the molecule is Cc1ccccc1N(c1ccc2c(c1)oc1ccccc12)c1cc2oc3ccc4ccccc4c3c2c2ccccc12. The van der Waals surface area contributed by atoms with Crippen molar-refractivity contribution < 1.29 is 8.83 Å². The minimum Gasteiger partial charge on any atom is -0.456 e. The highest BCUT2D eigenvalue weighted by molar-refractivity contribution is 6.28. The van der Waals surface area contributed by atoms with Crippen molar-refractivity contribution in [2.24, 2.45) is 0 Å². The van der Waals surface area contributed by atoms with Crippen molar-refractivity contribution in [1.82, 2.24) is 0 Å². The van der Waals surface area contributed by atoms with Crippen LogP contribution in [0.2, 0.25) is 0 Å². The summed E-state index contributed by atoms with van der Waals surface area (Å²) in [7, 11) is 0. The molecular formula is C39H25NO2. The van der Waals surface area contributed by atoms with E-state index >= 15 is 0 Å². The van der Waals surface area contributed by atoms with Gasteiger partial charge in [0.1, 0.15) is 22.3 Å². The van der Waals surface area contributed by atoms with Crippen molar-refractivity contribution in [2.45, 2.75) is 6.92 Å². The second kappa shape index (κ2) is 8.73. The van der Waals surface area contributed by atoms with Gasteiger partial charge in [0, 0.05) is 50.4 Å². The molecule has 3 heteroatoms. The lowest BCUT2D eigenvalue weighted by molar-refractivity contribution is 0.669. The largest absolute Gasteiger partial charge is 0.456 e. The second-order valence-electron chi connectivity index (χ2n) is 11.0. The Morgan fingerprint density at radius 1 is 0.429 bits per heavy atom. The van der Waals surface area contributed by atoms with Crippen LogP contribution in [0.5, 0.6) is 0 Å². The summed E-state index contributed by atoms with van der Waals surface area (Å²) in [5.74, 6) is 0. The zero-order chi connectivity index (χ0) is 27.8. The Hall–Kier alpha value is -5.54. The summed E-state index contributed by atoms with van der Waals surface area (Å²) in [6.07, 6.45) is 0. The number of nitrogens with zero attached hydrogens (tertiary/aromatic N) is 1. The third kappa shape index (κ3) is 3.28. The molecule has 0 amide bonds. The lowest BCUT2D eigenvalue weighted by Gasteiger charge is -2.28. The lowest BCUT2D eigenvalue weighted by atomic mass is 9.97. The van der Waals surface area contributed by atoms with E-state index in [1.807, 2.05) is 12.1 Å². The Labute approximate surface area is 241 Å². The van der Waals surface area contributed by atoms with Crippen LogP contribution in [-0.4, -0.2) is 0 Å². The number of anilines is 3. The van der Waals surface area contributed by atoms with E-state index in [0.29, 0.717) is 0 Å². The first-order valence-corrected chi connectivity index (χ1v) is 14.3. The fourth-order valence-corrected chi connectivity index (χ4v) is 6.64. The number of fused-ring (bicyclic) bond motifs is 10. The molecule has 2 heterocycles. The molecule has 0 spiro atoms. The first-order chi connectivity index (χ1) is 20.7. The molecule has 0 fully saturated rings. The molecule has 0 aliphatic heterocycles. The Bertz CT molecular complexity index is 2500. The van der Waals surface area contributed by atoms with E-state index in [2.05, 4.69) is 133 Å². The van der Waals surface area contributed by atoms with Crippen molar-refractivity contribution in [3.05, 3.63) is 139 Å². The standard InChI is InChI=1S/C39H25NO2/c1-24-10-2-8-16-32(24)40(26-19-20-30-29-14-7-9-17-34(29)41-36(30)22-26)33-23-37-39(31-15-6-5-13-28(31)33)38-27-12-4-3-11-25(27)18-21-35(38)42-37/h2-23H,1H3. The van der Waals surface area contributed by atoms with Gasteiger partial charge in [0.05, 0.1) is 5.69 Å². The molecule has 9 rings (SSSR count). The van der Waals surface area contributed by atoms with Gasteiger partial charge < -0.3 is 13.7 Å². The predicted octanol–water partition coefficient (Wildman–Crippen LogP) is 11.6. The summed E-state index contributed by atoms with van der Waals surface area (Å²) in [5, 5.41) is 9.30. The molecule has 0 atom stereocenters. The van der Waals surface area contributed by atoms with Crippen LogP contribution < -0.4 is 4.90 Å². The van der Waals surface area contributed by atoms with E-state index in [1.54, 1.807) is 0 Å². The molecule has 0 unspecified atom stereocenters. The van der Waals surface area contributed by atoms with E-state index in [9.17, 15) is 0 Å². The van der Waals surface area contributed by atoms with Crippen molar-refractivity contribution in [3.8, 4) is 0 Å². The van der Waals surface area contributed by atoms with Crippen molar-refractivity contribution >= 4 is 82.5 Å². The van der Waals surface area contributed by atoms with Gasteiger partial charge in [-0.15, -0.1) is 0 Å². The average Bonchev–Trinajstić information content (AvgIpc) is 3.60. The third-order valence-corrected chi connectivity index (χ3v) is 8.57. The molecule has 7 aromatic carbocycles. The van der Waals surface area contributed by atoms with Gasteiger partial charge in [0.25, 0.3) is 0 Å². The summed E-state index contributed by atoms with van der Waals surface area (Å²) in [5.41, 5.74) is 7.92. The second-order valence-corrected chi connectivity index (χ2v) is 11.0. The van der Waals surface area contributed by atoms with Crippen LogP contribution >= 0.6 is 0 Å². The molecule has 3 nitrogen and oxygen atoms in total. The van der Waals surface area contributed by atoms with Gasteiger partial charge in [-0.1, -0.05) is 91.0 Å². The predicted molar refractivity (Wildman–Crippen MR) is 175 cm³/mol. The van der Waals surface area contributed by atoms with Crippen LogP contribution in [-0.2, 0) is 0 Å². The molecule has 0 bridgehead atoms. The zero-order valence-corrected chi connectivity index (χ0v) is 23.0. The maximum Gasteiger partial charge on any atom is 0.138 e. The van der Waals surface area contributed by atoms with Gasteiger partial charge in [0.15, 0.2) is 0 Å². The number of hydrogen-bond donors (Lipinski definition) is 0. The molecule has 2 aromatic heterocycles. The van der Waals surface area contributed by atoms with Gasteiger partial charge >= 0.3 is 0 Å². The molecule has 0 aliphatic carbocycles. The molecule has 42 heavy (non-hydrogen) atoms. The van der Waals surface area contributed by atoms with E-state index in [0.717, 1.165) is 66.3 Å². The highest BCUT2D eigenvalue weighted by Gasteiger charge is 2.22. The summed E-state index contributed by atoms with van der Waals surface area (Å²) in [4.78, 5) is 2.34. The number of para-hydroxylation sites is 2. The normalized spacial score (nSPS) is 11.9. The highest BCUT2D eigenvalue weighted by Crippen LogP contribution is 2.47. The van der Waals surface area contributed by atoms with Crippen LogP contribution in [0.1, 0.15) is 5.56 Å². The third-order valence-electron chi connectivity index (χ3n) is 8.57. The number of aryl methyl sites for hydroxylation is 1. The van der Waals surface area contributed by atoms with Gasteiger partial charge in [0.2, 0.25) is 0 Å². The first-order valence-electron chi connectivity index (χ1n) is 14.3. The molecule has 9 aromatic rings. The van der Waals surface area contributed by atoms with E-state index < -0.39 is 0 Å². The number of rotatable bonds is 3. The first kappa shape index (κ1) is 23.2. The van der Waals surface area contributed by atoms with E-state index in [-0.39, 0.29) is 0 Å². The smallest absolute Gasteiger partial charge is 0.138 e. The van der Waals surface area contributed by atoms with E-state index in [1.165, 1.54) is 21.7 Å². The van der Waals surface area contributed by atoms with Gasteiger partial charge in [-0.2, -0.15) is 0 Å². The maximum absolute atomic E-state index is 6.63. The number of benzene rings is 7. The minimum atomic E-state index is 0.868. The van der Waals surface area contributed by atoms with Gasteiger partial charge in [-0.05, 0) is 59.0 Å². The molecule has 0 saturated carbocycles. The average molecular weight is 540 g/mol. The molecule has 198 valence electrons. The Morgan fingerprint density at radius 2 is 1.10 bits per heavy atom.